The monoisotopic (exact) mass is 269 g/mol. The SMILES string of the molecule is NC(=O)C1CC(CCc2cc(F)cc(F)c2)OC1=O. The van der Waals surface area contributed by atoms with Gasteiger partial charge in [-0.25, -0.2) is 8.78 Å². The molecule has 1 aliphatic rings. The van der Waals surface area contributed by atoms with E-state index in [-0.39, 0.29) is 6.42 Å². The number of carbonyl (C=O) groups excluding carboxylic acids is 2. The summed E-state index contributed by atoms with van der Waals surface area (Å²) < 4.78 is 30.9. The summed E-state index contributed by atoms with van der Waals surface area (Å²) in [5, 5.41) is 0. The lowest BCUT2D eigenvalue weighted by molar-refractivity contribution is -0.146. The van der Waals surface area contributed by atoms with Gasteiger partial charge in [0.05, 0.1) is 0 Å². The molecular weight excluding hydrogens is 256 g/mol. The summed E-state index contributed by atoms with van der Waals surface area (Å²) in [4.78, 5) is 22.2. The molecule has 0 spiro atoms. The smallest absolute Gasteiger partial charge is 0.318 e. The Balaban J connectivity index is 1.93. The van der Waals surface area contributed by atoms with Crippen molar-refractivity contribution >= 4 is 11.9 Å². The van der Waals surface area contributed by atoms with Gasteiger partial charge in [-0.15, -0.1) is 0 Å². The van der Waals surface area contributed by atoms with E-state index in [0.29, 0.717) is 18.4 Å². The Morgan fingerprint density at radius 1 is 1.32 bits per heavy atom. The maximum absolute atomic E-state index is 13.0. The highest BCUT2D eigenvalue weighted by molar-refractivity contribution is 5.98. The molecular formula is C13H13F2NO3. The summed E-state index contributed by atoms with van der Waals surface area (Å²) in [6, 6.07) is 3.25. The van der Waals surface area contributed by atoms with Gasteiger partial charge in [-0.1, -0.05) is 0 Å². The number of amides is 1. The Morgan fingerprint density at radius 3 is 2.47 bits per heavy atom. The van der Waals surface area contributed by atoms with Crippen LogP contribution in [0.15, 0.2) is 18.2 Å². The van der Waals surface area contributed by atoms with Crippen molar-refractivity contribution in [1.82, 2.24) is 0 Å². The molecule has 102 valence electrons. The van der Waals surface area contributed by atoms with E-state index in [9.17, 15) is 18.4 Å². The fourth-order valence-corrected chi connectivity index (χ4v) is 2.15. The van der Waals surface area contributed by atoms with Gasteiger partial charge in [-0.05, 0) is 30.5 Å². The average Bonchev–Trinajstić information content (AvgIpc) is 2.67. The number of cyclic esters (lactones) is 1. The summed E-state index contributed by atoms with van der Waals surface area (Å²) in [6.45, 7) is 0. The molecule has 2 atom stereocenters. The number of hydrogen-bond donors (Lipinski definition) is 1. The van der Waals surface area contributed by atoms with Gasteiger partial charge in [0.25, 0.3) is 0 Å². The highest BCUT2D eigenvalue weighted by Crippen LogP contribution is 2.24. The molecule has 1 amide bonds. The van der Waals surface area contributed by atoms with Gasteiger partial charge in [0.2, 0.25) is 5.91 Å². The van der Waals surface area contributed by atoms with Crippen LogP contribution in [0.25, 0.3) is 0 Å². The number of ether oxygens (including phenoxy) is 1. The second kappa shape index (κ2) is 5.34. The molecule has 1 fully saturated rings. The van der Waals surface area contributed by atoms with Gasteiger partial charge >= 0.3 is 5.97 Å². The van der Waals surface area contributed by atoms with Gasteiger partial charge < -0.3 is 10.5 Å². The van der Waals surface area contributed by atoms with Gasteiger partial charge in [-0.2, -0.15) is 0 Å². The Kier molecular flexibility index (Phi) is 3.78. The molecule has 19 heavy (non-hydrogen) atoms. The molecule has 2 N–H and O–H groups in total. The molecule has 0 radical (unpaired) electrons. The zero-order valence-electron chi connectivity index (χ0n) is 10.1. The van der Waals surface area contributed by atoms with Crippen LogP contribution in [0.4, 0.5) is 8.78 Å². The number of rotatable bonds is 4. The first-order valence-corrected chi connectivity index (χ1v) is 5.90. The number of aryl methyl sites for hydroxylation is 1. The zero-order valence-corrected chi connectivity index (χ0v) is 10.1. The summed E-state index contributed by atoms with van der Waals surface area (Å²) >= 11 is 0. The lowest BCUT2D eigenvalue weighted by atomic mass is 10.00. The molecule has 2 unspecified atom stereocenters. The van der Waals surface area contributed by atoms with Crippen molar-refractivity contribution in [3.63, 3.8) is 0 Å². The summed E-state index contributed by atoms with van der Waals surface area (Å²) in [7, 11) is 0. The minimum absolute atomic E-state index is 0.228. The van der Waals surface area contributed by atoms with Crippen LogP contribution in [0.1, 0.15) is 18.4 Å². The number of esters is 1. The third kappa shape index (κ3) is 3.27. The fraction of sp³-hybridized carbons (Fsp3) is 0.385. The number of primary amides is 1. The van der Waals surface area contributed by atoms with Gasteiger partial charge in [0.1, 0.15) is 23.7 Å². The van der Waals surface area contributed by atoms with Gasteiger partial charge in [-0.3, -0.25) is 9.59 Å². The topological polar surface area (TPSA) is 69.4 Å². The number of halogens is 2. The zero-order chi connectivity index (χ0) is 14.0. The van der Waals surface area contributed by atoms with Crippen LogP contribution in [-0.4, -0.2) is 18.0 Å². The Morgan fingerprint density at radius 2 is 1.95 bits per heavy atom. The maximum Gasteiger partial charge on any atom is 0.318 e. The van der Waals surface area contributed by atoms with E-state index in [0.717, 1.165) is 6.07 Å². The van der Waals surface area contributed by atoms with Crippen LogP contribution >= 0.6 is 0 Å². The summed E-state index contributed by atoms with van der Waals surface area (Å²) in [5.74, 6) is -3.52. The molecule has 0 aromatic heterocycles. The second-order valence-electron chi connectivity index (χ2n) is 4.57. The Hall–Kier alpha value is -1.98. The number of nitrogens with two attached hydrogens (primary N) is 1. The highest BCUT2D eigenvalue weighted by Gasteiger charge is 2.37. The quantitative estimate of drug-likeness (QED) is 0.662. The minimum atomic E-state index is -0.908. The molecule has 0 aliphatic carbocycles. The summed E-state index contributed by atoms with van der Waals surface area (Å²) in [5.41, 5.74) is 5.54. The first-order chi connectivity index (χ1) is 8.95. The van der Waals surface area contributed by atoms with Crippen molar-refractivity contribution in [3.05, 3.63) is 35.4 Å². The molecule has 1 saturated heterocycles. The van der Waals surface area contributed by atoms with Crippen LogP contribution in [0.3, 0.4) is 0 Å². The maximum atomic E-state index is 13.0. The van der Waals surface area contributed by atoms with Gasteiger partial charge in [0, 0.05) is 12.5 Å². The average molecular weight is 269 g/mol. The number of hydrogen-bond acceptors (Lipinski definition) is 3. The largest absolute Gasteiger partial charge is 0.462 e. The van der Waals surface area contributed by atoms with E-state index in [1.165, 1.54) is 12.1 Å². The molecule has 6 heteroatoms. The van der Waals surface area contributed by atoms with E-state index in [2.05, 4.69) is 0 Å². The predicted octanol–water partition coefficient (Wildman–Crippen LogP) is 1.31. The number of benzene rings is 1. The van der Waals surface area contributed by atoms with Crippen LogP contribution in [-0.2, 0) is 20.7 Å². The number of carbonyl (C=O) groups is 2. The standard InChI is InChI=1S/C13H13F2NO3/c14-8-3-7(4-9(15)5-8)1-2-10-6-11(12(16)17)13(18)19-10/h3-5,10-11H,1-2,6H2,(H2,16,17). The summed E-state index contributed by atoms with van der Waals surface area (Å²) in [6.07, 6.45) is 0.555. The van der Waals surface area contributed by atoms with Crippen molar-refractivity contribution in [1.29, 1.82) is 0 Å². The van der Waals surface area contributed by atoms with E-state index in [1.54, 1.807) is 0 Å². The van der Waals surface area contributed by atoms with Gasteiger partial charge in [0.15, 0.2) is 0 Å². The first-order valence-electron chi connectivity index (χ1n) is 5.90. The van der Waals surface area contributed by atoms with E-state index >= 15 is 0 Å². The van der Waals surface area contributed by atoms with Crippen molar-refractivity contribution in [2.24, 2.45) is 11.7 Å². The van der Waals surface area contributed by atoms with E-state index < -0.39 is 35.5 Å². The Bertz CT molecular complexity index is 498. The molecule has 2 rings (SSSR count). The van der Waals surface area contributed by atoms with E-state index in [1.807, 2.05) is 0 Å². The third-order valence-corrected chi connectivity index (χ3v) is 3.09. The van der Waals surface area contributed by atoms with Crippen molar-refractivity contribution in [3.8, 4) is 0 Å². The first kappa shape index (κ1) is 13.5. The lowest BCUT2D eigenvalue weighted by Gasteiger charge is -2.08. The third-order valence-electron chi connectivity index (χ3n) is 3.09. The molecule has 1 aliphatic heterocycles. The van der Waals surface area contributed by atoms with Crippen LogP contribution in [0, 0.1) is 17.6 Å². The molecule has 0 saturated carbocycles. The minimum Gasteiger partial charge on any atom is -0.462 e. The van der Waals surface area contributed by atoms with Crippen molar-refractivity contribution < 1.29 is 23.1 Å². The lowest BCUT2D eigenvalue weighted by Crippen LogP contribution is -2.26. The van der Waals surface area contributed by atoms with Crippen LogP contribution < -0.4 is 5.73 Å². The normalized spacial score (nSPS) is 22.3. The van der Waals surface area contributed by atoms with Crippen LogP contribution in [0.2, 0.25) is 0 Å². The predicted molar refractivity (Wildman–Crippen MR) is 61.9 cm³/mol. The van der Waals surface area contributed by atoms with E-state index in [4.69, 9.17) is 10.5 Å². The molecule has 1 aromatic carbocycles. The van der Waals surface area contributed by atoms with Crippen molar-refractivity contribution in [2.75, 3.05) is 0 Å². The molecule has 1 aromatic rings. The molecule has 4 nitrogen and oxygen atoms in total. The van der Waals surface area contributed by atoms with Crippen LogP contribution in [0.5, 0.6) is 0 Å². The van der Waals surface area contributed by atoms with Crippen molar-refractivity contribution in [2.45, 2.75) is 25.4 Å². The highest BCUT2D eigenvalue weighted by atomic mass is 19.1. The fourth-order valence-electron chi connectivity index (χ4n) is 2.15. The molecule has 1 heterocycles. The Labute approximate surface area is 108 Å². The second-order valence-corrected chi connectivity index (χ2v) is 4.57. The molecule has 0 bridgehead atoms.